The quantitative estimate of drug-likeness (QED) is 0.765. The fraction of sp³-hybridized carbons (Fsp3) is 0.273. The van der Waals surface area contributed by atoms with E-state index in [9.17, 15) is 4.79 Å². The highest BCUT2D eigenvalue weighted by Gasteiger charge is 2.10. The molecule has 84 valence electrons. The van der Waals surface area contributed by atoms with Gasteiger partial charge in [-0.15, -0.1) is 0 Å². The Morgan fingerprint density at radius 3 is 3.00 bits per heavy atom. The molecule has 0 atom stereocenters. The van der Waals surface area contributed by atoms with Crippen LogP contribution < -0.4 is 5.76 Å². The highest BCUT2D eigenvalue weighted by Crippen LogP contribution is 2.11. The van der Waals surface area contributed by atoms with Gasteiger partial charge < -0.3 is 9.15 Å². The molecule has 5 heteroatoms. The number of thiocarbonyl (C=S) groups is 1. The molecule has 0 N–H and O–H groups in total. The number of oxazole rings is 1. The summed E-state index contributed by atoms with van der Waals surface area (Å²) in [5.74, 6) is -0.414. The van der Waals surface area contributed by atoms with Crippen LogP contribution in [0.25, 0.3) is 11.1 Å². The number of hydrogen-bond acceptors (Lipinski definition) is 4. The molecule has 1 aromatic heterocycles. The highest BCUT2D eigenvalue weighted by molar-refractivity contribution is 7.80. The Hall–Kier alpha value is -1.62. The van der Waals surface area contributed by atoms with Gasteiger partial charge in [0.25, 0.3) is 0 Å². The summed E-state index contributed by atoms with van der Waals surface area (Å²) in [6.45, 7) is 2.60. The second kappa shape index (κ2) is 4.49. The summed E-state index contributed by atoms with van der Waals surface area (Å²) >= 11 is 5.00. The minimum Gasteiger partial charge on any atom is -0.485 e. The van der Waals surface area contributed by atoms with E-state index in [0.29, 0.717) is 17.2 Å². The van der Waals surface area contributed by atoms with Gasteiger partial charge in [-0.1, -0.05) is 12.1 Å². The lowest BCUT2D eigenvalue weighted by molar-refractivity contribution is 0.322. The van der Waals surface area contributed by atoms with Crippen LogP contribution >= 0.6 is 12.2 Å². The molecule has 1 aromatic carbocycles. The number of nitrogens with zero attached hydrogens (tertiary/aromatic N) is 1. The second-order valence-electron chi connectivity index (χ2n) is 3.23. The number of rotatable bonds is 3. The molecule has 1 heterocycles. The van der Waals surface area contributed by atoms with Crippen LogP contribution in [0.1, 0.15) is 6.92 Å². The van der Waals surface area contributed by atoms with Gasteiger partial charge in [-0.05, 0) is 31.3 Å². The Balaban J connectivity index is 2.40. The third kappa shape index (κ3) is 1.99. The maximum absolute atomic E-state index is 11.6. The molecule has 2 aromatic rings. The predicted octanol–water partition coefficient (Wildman–Crippen LogP) is 1.96. The minimum atomic E-state index is -0.414. The molecule has 0 saturated carbocycles. The number of aromatic nitrogens is 1. The molecule has 0 aliphatic heterocycles. The van der Waals surface area contributed by atoms with Crippen LogP contribution in [0, 0.1) is 0 Å². The van der Waals surface area contributed by atoms with E-state index >= 15 is 0 Å². The highest BCUT2D eigenvalue weighted by atomic mass is 32.1. The fourth-order valence-corrected chi connectivity index (χ4v) is 1.75. The van der Waals surface area contributed by atoms with Crippen LogP contribution in [0.3, 0.4) is 0 Å². The molecule has 4 nitrogen and oxygen atoms in total. The van der Waals surface area contributed by atoms with E-state index in [0.717, 1.165) is 5.52 Å². The van der Waals surface area contributed by atoms with Crippen molar-refractivity contribution in [1.82, 2.24) is 4.57 Å². The lowest BCUT2D eigenvalue weighted by Crippen LogP contribution is -2.20. The molecule has 0 spiro atoms. The third-order valence-corrected chi connectivity index (χ3v) is 2.41. The van der Waals surface area contributed by atoms with E-state index < -0.39 is 5.76 Å². The summed E-state index contributed by atoms with van der Waals surface area (Å²) in [5, 5.41) is 0.385. The average Bonchev–Trinajstić information content (AvgIpc) is 2.56. The van der Waals surface area contributed by atoms with Crippen molar-refractivity contribution < 1.29 is 9.15 Å². The van der Waals surface area contributed by atoms with Crippen molar-refractivity contribution >= 4 is 28.4 Å². The zero-order valence-electron chi connectivity index (χ0n) is 8.80. The topological polar surface area (TPSA) is 44.4 Å². The van der Waals surface area contributed by atoms with E-state index in [1.165, 1.54) is 4.57 Å². The number of hydrogen-bond donors (Lipinski definition) is 0. The zero-order valence-corrected chi connectivity index (χ0v) is 9.62. The monoisotopic (exact) mass is 237 g/mol. The molecule has 0 saturated heterocycles. The Morgan fingerprint density at radius 2 is 2.25 bits per heavy atom. The van der Waals surface area contributed by atoms with Gasteiger partial charge in [-0.25, -0.2) is 4.79 Å². The molecule has 0 aliphatic rings. The van der Waals surface area contributed by atoms with Crippen molar-refractivity contribution in [1.29, 1.82) is 0 Å². The molecule has 2 rings (SSSR count). The molecule has 0 aliphatic carbocycles. The summed E-state index contributed by atoms with van der Waals surface area (Å²) in [5.41, 5.74) is 1.29. The first-order chi connectivity index (χ1) is 7.72. The van der Waals surface area contributed by atoms with Gasteiger partial charge in [0.05, 0.1) is 18.7 Å². The first-order valence-electron chi connectivity index (χ1n) is 4.96. The predicted molar refractivity (Wildman–Crippen MR) is 64.7 cm³/mol. The normalized spacial score (nSPS) is 10.6. The molecule has 0 unspecified atom stereocenters. The Morgan fingerprint density at radius 1 is 1.50 bits per heavy atom. The summed E-state index contributed by atoms with van der Waals surface area (Å²) in [7, 11) is 0. The van der Waals surface area contributed by atoms with Crippen molar-refractivity contribution in [2.75, 3.05) is 6.61 Å². The molecule has 0 fully saturated rings. The van der Waals surface area contributed by atoms with Crippen LogP contribution in [-0.2, 0) is 11.3 Å². The van der Waals surface area contributed by atoms with E-state index in [-0.39, 0.29) is 6.54 Å². The zero-order chi connectivity index (χ0) is 11.5. The molecular formula is C11H11NO3S. The summed E-state index contributed by atoms with van der Waals surface area (Å²) in [4.78, 5) is 11.6. The summed E-state index contributed by atoms with van der Waals surface area (Å²) in [6, 6.07) is 7.22. The van der Waals surface area contributed by atoms with Gasteiger partial charge in [-0.3, -0.25) is 4.57 Å². The van der Waals surface area contributed by atoms with Gasteiger partial charge in [0.1, 0.15) is 0 Å². The van der Waals surface area contributed by atoms with Gasteiger partial charge in [0.15, 0.2) is 10.6 Å². The van der Waals surface area contributed by atoms with Gasteiger partial charge in [0.2, 0.25) is 0 Å². The maximum atomic E-state index is 11.6. The smallest absolute Gasteiger partial charge is 0.420 e. The standard InChI is InChI=1S/C11H11NO3S/c1-2-14-10(16)7-12-8-5-3-4-6-9(8)15-11(12)13/h3-6H,2,7H2,1H3. The Labute approximate surface area is 97.4 Å². The summed E-state index contributed by atoms with van der Waals surface area (Å²) in [6.07, 6.45) is 0. The number of benzene rings is 1. The van der Waals surface area contributed by atoms with Gasteiger partial charge in [-0.2, -0.15) is 0 Å². The van der Waals surface area contributed by atoms with E-state index in [4.69, 9.17) is 21.4 Å². The maximum Gasteiger partial charge on any atom is 0.420 e. The Bertz CT molecular complexity index is 570. The first-order valence-corrected chi connectivity index (χ1v) is 5.37. The number of fused-ring (bicyclic) bond motifs is 1. The molecule has 0 bridgehead atoms. The largest absolute Gasteiger partial charge is 0.485 e. The lowest BCUT2D eigenvalue weighted by atomic mass is 10.3. The Kier molecular flexibility index (Phi) is 3.05. The average molecular weight is 237 g/mol. The van der Waals surface area contributed by atoms with Crippen LogP contribution in [0.2, 0.25) is 0 Å². The molecule has 16 heavy (non-hydrogen) atoms. The van der Waals surface area contributed by atoms with Crippen molar-refractivity contribution in [2.45, 2.75) is 13.5 Å². The number of para-hydroxylation sites is 2. The van der Waals surface area contributed by atoms with Crippen molar-refractivity contribution in [2.24, 2.45) is 0 Å². The third-order valence-electron chi connectivity index (χ3n) is 2.17. The van der Waals surface area contributed by atoms with Crippen LogP contribution in [0.15, 0.2) is 33.5 Å². The van der Waals surface area contributed by atoms with Crippen LogP contribution in [0.4, 0.5) is 0 Å². The lowest BCUT2D eigenvalue weighted by Gasteiger charge is -2.04. The van der Waals surface area contributed by atoms with Crippen molar-refractivity contribution in [3.8, 4) is 0 Å². The second-order valence-corrected chi connectivity index (χ2v) is 3.68. The first kappa shape index (κ1) is 10.9. The molecular weight excluding hydrogens is 226 g/mol. The van der Waals surface area contributed by atoms with E-state index in [1.54, 1.807) is 6.07 Å². The SMILES string of the molecule is CCOC(=S)Cn1c(=O)oc2ccccc21. The molecule has 0 radical (unpaired) electrons. The van der Waals surface area contributed by atoms with E-state index in [2.05, 4.69) is 0 Å². The summed E-state index contributed by atoms with van der Waals surface area (Å²) < 4.78 is 11.7. The van der Waals surface area contributed by atoms with Gasteiger partial charge >= 0.3 is 5.76 Å². The molecule has 0 amide bonds. The fourth-order valence-electron chi connectivity index (χ4n) is 1.50. The van der Waals surface area contributed by atoms with Crippen molar-refractivity contribution in [3.63, 3.8) is 0 Å². The minimum absolute atomic E-state index is 0.249. The van der Waals surface area contributed by atoms with Crippen LogP contribution in [0.5, 0.6) is 0 Å². The van der Waals surface area contributed by atoms with Crippen LogP contribution in [-0.4, -0.2) is 16.2 Å². The van der Waals surface area contributed by atoms with Gasteiger partial charge in [0, 0.05) is 0 Å². The van der Waals surface area contributed by atoms with E-state index in [1.807, 2.05) is 25.1 Å². The number of ether oxygens (including phenoxy) is 1. The van der Waals surface area contributed by atoms with Crippen molar-refractivity contribution in [3.05, 3.63) is 34.8 Å².